The summed E-state index contributed by atoms with van der Waals surface area (Å²) in [5.74, 6) is 0.852. The van der Waals surface area contributed by atoms with Crippen LogP contribution in [0.5, 0.6) is 11.5 Å². The summed E-state index contributed by atoms with van der Waals surface area (Å²) in [4.78, 5) is 32.4. The van der Waals surface area contributed by atoms with E-state index in [0.29, 0.717) is 45.3 Å². The van der Waals surface area contributed by atoms with Crippen LogP contribution in [0, 0.1) is 0 Å². The number of thiazole rings is 1. The van der Waals surface area contributed by atoms with Crippen LogP contribution in [0.15, 0.2) is 66.4 Å². The van der Waals surface area contributed by atoms with Crippen LogP contribution in [0.1, 0.15) is 51.8 Å². The maximum Gasteiger partial charge on any atom is 0.338 e. The Balaban J connectivity index is 1.94. The number of ether oxygens (including phenoxy) is 3. The van der Waals surface area contributed by atoms with Crippen molar-refractivity contribution in [2.24, 2.45) is 4.99 Å². The molecule has 0 saturated heterocycles. The highest BCUT2D eigenvalue weighted by atomic mass is 79.9. The van der Waals surface area contributed by atoms with Crippen LogP contribution in [0.3, 0.4) is 0 Å². The summed E-state index contributed by atoms with van der Waals surface area (Å²) < 4.78 is 20.7. The monoisotopic (exact) mass is 662 g/mol. The minimum atomic E-state index is -0.698. The van der Waals surface area contributed by atoms with E-state index in [2.05, 4.69) is 36.9 Å². The summed E-state index contributed by atoms with van der Waals surface area (Å²) in [6.07, 6.45) is 1.48. The molecule has 3 aromatic rings. The summed E-state index contributed by atoms with van der Waals surface area (Å²) in [6.45, 7) is 10.2. The molecule has 1 atom stereocenters. The second-order valence-electron chi connectivity index (χ2n) is 8.78. The number of fused-ring (bicyclic) bond motifs is 1. The second kappa shape index (κ2) is 12.0. The van der Waals surface area contributed by atoms with Crippen molar-refractivity contribution in [1.29, 1.82) is 0 Å². The number of esters is 1. The third kappa shape index (κ3) is 5.82. The van der Waals surface area contributed by atoms with Gasteiger partial charge in [-0.15, -0.1) is 0 Å². The van der Waals surface area contributed by atoms with Gasteiger partial charge >= 0.3 is 5.97 Å². The Morgan fingerprint density at radius 3 is 2.45 bits per heavy atom. The summed E-state index contributed by atoms with van der Waals surface area (Å²) in [5, 5.41) is 0. The van der Waals surface area contributed by atoms with Gasteiger partial charge in [-0.25, -0.2) is 9.79 Å². The Labute approximate surface area is 241 Å². The minimum absolute atomic E-state index is 0.256. The summed E-state index contributed by atoms with van der Waals surface area (Å²) in [7, 11) is 0. The lowest BCUT2D eigenvalue weighted by Gasteiger charge is -2.25. The Kier molecular flexibility index (Phi) is 8.95. The molecule has 10 heteroatoms. The number of allylic oxidation sites excluding steroid dienone is 1. The maximum absolute atomic E-state index is 13.9. The van der Waals surface area contributed by atoms with Gasteiger partial charge in [0.2, 0.25) is 0 Å². The van der Waals surface area contributed by atoms with E-state index in [0.717, 1.165) is 20.1 Å². The average Bonchev–Trinajstić information content (AvgIpc) is 3.15. The van der Waals surface area contributed by atoms with E-state index in [1.54, 1.807) is 31.4 Å². The lowest BCUT2D eigenvalue weighted by Crippen LogP contribution is -2.40. The van der Waals surface area contributed by atoms with Crippen LogP contribution in [-0.2, 0) is 9.53 Å². The van der Waals surface area contributed by atoms with Gasteiger partial charge < -0.3 is 14.2 Å². The molecule has 2 aromatic carbocycles. The molecule has 0 N–H and O–H groups in total. The van der Waals surface area contributed by atoms with Gasteiger partial charge in [0.1, 0.15) is 11.5 Å². The van der Waals surface area contributed by atoms with Crippen LogP contribution in [-0.4, -0.2) is 29.9 Å². The predicted molar refractivity (Wildman–Crippen MR) is 156 cm³/mol. The predicted octanol–water partition coefficient (Wildman–Crippen LogP) is 5.51. The molecule has 0 spiro atoms. The van der Waals surface area contributed by atoms with Gasteiger partial charge in [0.25, 0.3) is 5.56 Å². The van der Waals surface area contributed by atoms with E-state index in [1.165, 1.54) is 11.3 Å². The lowest BCUT2D eigenvalue weighted by atomic mass is 9.96. The normalized spacial score (nSPS) is 15.4. The summed E-state index contributed by atoms with van der Waals surface area (Å²) >= 11 is 8.34. The van der Waals surface area contributed by atoms with E-state index < -0.39 is 12.0 Å². The molecule has 2 heterocycles. The molecule has 200 valence electrons. The van der Waals surface area contributed by atoms with Crippen LogP contribution < -0.4 is 24.4 Å². The first-order valence-corrected chi connectivity index (χ1v) is 14.6. The second-order valence-corrected chi connectivity index (χ2v) is 11.6. The number of rotatable bonds is 8. The number of hydrogen-bond donors (Lipinski definition) is 0. The van der Waals surface area contributed by atoms with Gasteiger partial charge in [0.15, 0.2) is 4.80 Å². The molecule has 0 fully saturated rings. The van der Waals surface area contributed by atoms with Crippen molar-refractivity contribution in [3.8, 4) is 11.5 Å². The van der Waals surface area contributed by atoms with Crippen molar-refractivity contribution in [2.45, 2.75) is 46.8 Å². The van der Waals surface area contributed by atoms with Crippen molar-refractivity contribution >= 4 is 55.2 Å². The van der Waals surface area contributed by atoms with Gasteiger partial charge in [0.05, 0.1) is 45.6 Å². The first-order valence-electron chi connectivity index (χ1n) is 12.2. The third-order valence-corrected chi connectivity index (χ3v) is 7.73. The minimum Gasteiger partial charge on any atom is -0.494 e. The Morgan fingerprint density at radius 2 is 1.82 bits per heavy atom. The number of hydrogen-bond acceptors (Lipinski definition) is 7. The highest BCUT2D eigenvalue weighted by molar-refractivity contribution is 9.11. The zero-order valence-corrected chi connectivity index (χ0v) is 25.7. The van der Waals surface area contributed by atoms with E-state index in [-0.39, 0.29) is 11.7 Å². The zero-order chi connectivity index (χ0) is 27.6. The average molecular weight is 664 g/mol. The zero-order valence-electron chi connectivity index (χ0n) is 21.7. The molecule has 0 saturated carbocycles. The summed E-state index contributed by atoms with van der Waals surface area (Å²) in [6, 6.07) is 10.5. The number of carbonyl (C=O) groups is 1. The van der Waals surface area contributed by atoms with Crippen LogP contribution in [0.25, 0.3) is 6.08 Å². The lowest BCUT2D eigenvalue weighted by molar-refractivity contribution is -0.143. The maximum atomic E-state index is 13.9. The molecule has 0 aliphatic carbocycles. The van der Waals surface area contributed by atoms with Crippen molar-refractivity contribution < 1.29 is 19.0 Å². The first-order chi connectivity index (χ1) is 18.1. The van der Waals surface area contributed by atoms with Gasteiger partial charge in [-0.1, -0.05) is 39.4 Å². The highest BCUT2D eigenvalue weighted by Gasteiger charge is 2.33. The molecule has 1 aliphatic rings. The van der Waals surface area contributed by atoms with Gasteiger partial charge in [0, 0.05) is 10.0 Å². The van der Waals surface area contributed by atoms with Crippen molar-refractivity contribution in [3.05, 3.63) is 87.4 Å². The molecule has 0 bridgehead atoms. The number of benzene rings is 2. The van der Waals surface area contributed by atoms with Crippen molar-refractivity contribution in [3.63, 3.8) is 0 Å². The van der Waals surface area contributed by atoms with Crippen molar-refractivity contribution in [1.82, 2.24) is 4.57 Å². The van der Waals surface area contributed by atoms with E-state index in [1.807, 2.05) is 50.2 Å². The standard InChI is InChI=1S/C28H28Br2N2O5S/c1-6-35-20-10-8-17(9-11-20)24-23(27(34)37-15(3)4)16(5)31-28-32(24)26(33)22(38-28)13-18-12-19(29)14-21(30)25(18)36-7-2/h8-15,24H,6-7H2,1-5H3/b22-13+/t24-/m1/s1. The van der Waals surface area contributed by atoms with Gasteiger partial charge in [-0.3, -0.25) is 9.36 Å². The number of halogens is 2. The first kappa shape index (κ1) is 28.3. The topological polar surface area (TPSA) is 79.1 Å². The molecule has 0 radical (unpaired) electrons. The smallest absolute Gasteiger partial charge is 0.338 e. The molecule has 1 aliphatic heterocycles. The van der Waals surface area contributed by atoms with Crippen LogP contribution in [0.2, 0.25) is 0 Å². The summed E-state index contributed by atoms with van der Waals surface area (Å²) in [5.41, 5.74) is 2.09. The van der Waals surface area contributed by atoms with E-state index in [4.69, 9.17) is 14.2 Å². The van der Waals surface area contributed by atoms with Crippen molar-refractivity contribution in [2.75, 3.05) is 13.2 Å². The van der Waals surface area contributed by atoms with E-state index >= 15 is 0 Å². The molecule has 4 rings (SSSR count). The highest BCUT2D eigenvalue weighted by Crippen LogP contribution is 2.34. The van der Waals surface area contributed by atoms with Crippen LogP contribution in [0.4, 0.5) is 0 Å². The fourth-order valence-corrected chi connectivity index (χ4v) is 6.62. The number of carbonyl (C=O) groups excluding carboxylic acids is 1. The Bertz CT molecular complexity index is 1570. The quantitative estimate of drug-likeness (QED) is 0.297. The SMILES string of the molecule is CCOc1ccc([C@@H]2C(C(=O)OC(C)C)=C(C)N=c3s/c(=C/c4cc(Br)cc(Br)c4OCC)c(=O)n32)cc1. The molecule has 1 aromatic heterocycles. The molecule has 0 unspecified atom stereocenters. The number of aromatic nitrogens is 1. The molecule has 7 nitrogen and oxygen atoms in total. The van der Waals surface area contributed by atoms with Gasteiger partial charge in [-0.05, 0) is 86.5 Å². The Morgan fingerprint density at radius 1 is 1.13 bits per heavy atom. The third-order valence-electron chi connectivity index (χ3n) is 5.70. The van der Waals surface area contributed by atoms with Gasteiger partial charge in [-0.2, -0.15) is 0 Å². The van der Waals surface area contributed by atoms with E-state index in [9.17, 15) is 9.59 Å². The van der Waals surface area contributed by atoms with Crippen LogP contribution >= 0.6 is 43.2 Å². The Hall–Kier alpha value is -2.69. The molecular weight excluding hydrogens is 636 g/mol. The fraction of sp³-hybridized carbons (Fsp3) is 0.321. The molecule has 0 amide bonds. The largest absolute Gasteiger partial charge is 0.494 e. The number of nitrogens with zero attached hydrogens (tertiary/aromatic N) is 2. The molecule has 38 heavy (non-hydrogen) atoms. The molecular formula is C28H28Br2N2O5S. The fourth-order valence-electron chi connectivity index (χ4n) is 4.21.